The molecule has 0 saturated carbocycles. The van der Waals surface area contributed by atoms with Gasteiger partial charge in [0.2, 0.25) is 0 Å². The Kier molecular flexibility index (Phi) is 3.97. The maximum absolute atomic E-state index is 11.4. The van der Waals surface area contributed by atoms with Gasteiger partial charge in [-0.15, -0.1) is 0 Å². The Balaban J connectivity index is 2.67. The maximum Gasteiger partial charge on any atom is 0.329 e. The summed E-state index contributed by atoms with van der Waals surface area (Å²) in [6.07, 6.45) is 2.04. The second-order valence-electron chi connectivity index (χ2n) is 3.59. The normalized spacial score (nSPS) is 11.7. The molecule has 0 radical (unpaired) electrons. The van der Waals surface area contributed by atoms with Crippen molar-refractivity contribution in [1.29, 1.82) is 0 Å². The van der Waals surface area contributed by atoms with Crippen LogP contribution in [0.15, 0.2) is 17.1 Å². The third-order valence-electron chi connectivity index (χ3n) is 1.98. The van der Waals surface area contributed by atoms with Crippen molar-refractivity contribution >= 4 is 20.8 Å². The van der Waals surface area contributed by atoms with Gasteiger partial charge in [0.25, 0.3) is 5.56 Å². The molecule has 1 rings (SSSR count). The van der Waals surface area contributed by atoms with Crippen molar-refractivity contribution in [2.24, 2.45) is 0 Å². The zero-order chi connectivity index (χ0) is 11.5. The van der Waals surface area contributed by atoms with Crippen LogP contribution in [-0.4, -0.2) is 27.7 Å². The van der Waals surface area contributed by atoms with E-state index < -0.39 is 8.56 Å². The molecule has 0 atom stereocenters. The summed E-state index contributed by atoms with van der Waals surface area (Å²) in [5, 5.41) is 0. The summed E-state index contributed by atoms with van der Waals surface area (Å²) in [4.78, 5) is 32.5. The summed E-state index contributed by atoms with van der Waals surface area (Å²) in [6.45, 7) is 1.86. The van der Waals surface area contributed by atoms with E-state index in [1.807, 2.05) is 0 Å². The van der Waals surface area contributed by atoms with Crippen LogP contribution in [0, 0.1) is 4.77 Å². The van der Waals surface area contributed by atoms with Gasteiger partial charge in [-0.05, 0) is 31.2 Å². The number of H-pyrrole nitrogens is 1. The third-order valence-corrected chi connectivity index (χ3v) is 3.62. The summed E-state index contributed by atoms with van der Waals surface area (Å²) in [5.74, 6) is 0. The van der Waals surface area contributed by atoms with Gasteiger partial charge in [0.05, 0.1) is 0 Å². The molecule has 5 nitrogen and oxygen atoms in total. The lowest BCUT2D eigenvalue weighted by Crippen LogP contribution is -2.30. The highest BCUT2D eigenvalue weighted by Gasteiger charge is 2.20. The maximum atomic E-state index is 11.4. The van der Waals surface area contributed by atoms with Crippen molar-refractivity contribution in [3.63, 3.8) is 0 Å². The third kappa shape index (κ3) is 4.08. The second kappa shape index (κ2) is 4.84. The highest BCUT2D eigenvalue weighted by molar-refractivity contribution is 7.71. The molecule has 0 aliphatic rings. The van der Waals surface area contributed by atoms with E-state index in [9.17, 15) is 14.4 Å². The number of nitrogens with zero attached hydrogens (tertiary/aromatic N) is 1. The Morgan fingerprint density at radius 2 is 2.27 bits per heavy atom. The highest BCUT2D eigenvalue weighted by Crippen LogP contribution is 2.05. The van der Waals surface area contributed by atoms with Crippen LogP contribution in [0.1, 0.15) is 6.42 Å². The molecule has 0 spiro atoms. The molecule has 0 saturated heterocycles. The summed E-state index contributed by atoms with van der Waals surface area (Å²) in [6, 6.07) is 1.73. The molecule has 0 unspecified atom stereocenters. The van der Waals surface area contributed by atoms with E-state index >= 15 is 0 Å². The Hall–Kier alpha value is -0.763. The van der Waals surface area contributed by atoms with Crippen LogP contribution >= 0.6 is 12.2 Å². The Bertz CT molecular complexity index is 406. The zero-order valence-corrected chi connectivity index (χ0v) is 10.3. The van der Waals surface area contributed by atoms with E-state index in [1.165, 1.54) is 23.4 Å². The van der Waals surface area contributed by atoms with Gasteiger partial charge in [0, 0.05) is 18.8 Å². The standard InChI is InChI=1S/C8H14N2O3SSi/c1-15(12,13)6-2-5-10-7(11)3-4-9-8(10)14/h3-4,12-13H,2,5-6H2,1H3,(H,9,14). The summed E-state index contributed by atoms with van der Waals surface area (Å²) < 4.78 is 1.77. The molecule has 1 aromatic rings. The molecule has 0 aliphatic carbocycles. The first-order valence-electron chi connectivity index (χ1n) is 4.63. The van der Waals surface area contributed by atoms with E-state index in [4.69, 9.17) is 12.2 Å². The van der Waals surface area contributed by atoms with Crippen LogP contribution in [-0.2, 0) is 6.54 Å². The minimum absolute atomic E-state index is 0.169. The highest BCUT2D eigenvalue weighted by atomic mass is 32.1. The Morgan fingerprint density at radius 1 is 1.60 bits per heavy atom. The number of rotatable bonds is 4. The molecule has 7 heteroatoms. The smallest absolute Gasteiger partial charge is 0.329 e. The molecule has 3 N–H and O–H groups in total. The predicted molar refractivity (Wildman–Crippen MR) is 61.4 cm³/mol. The van der Waals surface area contributed by atoms with Gasteiger partial charge >= 0.3 is 8.56 Å². The Labute approximate surface area is 93.3 Å². The monoisotopic (exact) mass is 246 g/mol. The number of aromatic nitrogens is 2. The molecule has 0 aromatic carbocycles. The number of aromatic amines is 1. The van der Waals surface area contributed by atoms with Crippen molar-refractivity contribution in [2.75, 3.05) is 0 Å². The molecular formula is C8H14N2O3SSi. The first-order valence-corrected chi connectivity index (χ1v) is 7.64. The van der Waals surface area contributed by atoms with Crippen LogP contribution in [0.25, 0.3) is 0 Å². The van der Waals surface area contributed by atoms with E-state index in [1.54, 1.807) is 0 Å². The minimum Gasteiger partial charge on any atom is -0.411 e. The molecule has 0 aliphatic heterocycles. The van der Waals surface area contributed by atoms with E-state index in [0.29, 0.717) is 23.8 Å². The van der Waals surface area contributed by atoms with Crippen LogP contribution in [0.2, 0.25) is 12.6 Å². The largest absolute Gasteiger partial charge is 0.411 e. The molecule has 1 aromatic heterocycles. The van der Waals surface area contributed by atoms with Crippen molar-refractivity contribution in [1.82, 2.24) is 9.55 Å². The number of hydrogen-bond acceptors (Lipinski definition) is 4. The zero-order valence-electron chi connectivity index (χ0n) is 8.43. The lowest BCUT2D eigenvalue weighted by molar-refractivity contribution is 0.365. The van der Waals surface area contributed by atoms with Crippen molar-refractivity contribution in [2.45, 2.75) is 25.6 Å². The second-order valence-corrected chi connectivity index (χ2v) is 6.91. The molecule has 0 fully saturated rings. The Morgan fingerprint density at radius 3 is 2.80 bits per heavy atom. The molecule has 0 amide bonds. The lowest BCUT2D eigenvalue weighted by Gasteiger charge is -2.11. The van der Waals surface area contributed by atoms with Crippen LogP contribution in [0.3, 0.4) is 0 Å². The minimum atomic E-state index is -3.01. The quantitative estimate of drug-likeness (QED) is 0.529. The fourth-order valence-electron chi connectivity index (χ4n) is 1.24. The van der Waals surface area contributed by atoms with Gasteiger partial charge in [-0.1, -0.05) is 0 Å². The molecule has 84 valence electrons. The molecule has 0 bridgehead atoms. The SMILES string of the molecule is C[Si](O)(O)CCCn1c(=O)cc[nH]c1=S. The topological polar surface area (TPSA) is 78.2 Å². The van der Waals surface area contributed by atoms with E-state index in [2.05, 4.69) is 4.98 Å². The molecule has 15 heavy (non-hydrogen) atoms. The molecular weight excluding hydrogens is 232 g/mol. The lowest BCUT2D eigenvalue weighted by atomic mass is 10.4. The van der Waals surface area contributed by atoms with Crippen LogP contribution in [0.4, 0.5) is 0 Å². The fourth-order valence-corrected chi connectivity index (χ4v) is 2.31. The summed E-state index contributed by atoms with van der Waals surface area (Å²) in [7, 11) is -3.01. The van der Waals surface area contributed by atoms with Crippen molar-refractivity contribution in [3.8, 4) is 0 Å². The van der Waals surface area contributed by atoms with Crippen LogP contribution in [0.5, 0.6) is 0 Å². The van der Waals surface area contributed by atoms with Gasteiger partial charge in [0.1, 0.15) is 0 Å². The van der Waals surface area contributed by atoms with E-state index in [0.717, 1.165) is 0 Å². The predicted octanol–water partition coefficient (Wildman–Crippen LogP) is 0.353. The average molecular weight is 246 g/mol. The summed E-state index contributed by atoms with van der Waals surface area (Å²) >= 11 is 4.94. The summed E-state index contributed by atoms with van der Waals surface area (Å²) in [5.41, 5.74) is -0.169. The van der Waals surface area contributed by atoms with Gasteiger partial charge in [-0.3, -0.25) is 9.36 Å². The van der Waals surface area contributed by atoms with Gasteiger partial charge in [-0.2, -0.15) is 0 Å². The first-order chi connectivity index (χ1) is 6.90. The average Bonchev–Trinajstić information content (AvgIpc) is 2.08. The van der Waals surface area contributed by atoms with Gasteiger partial charge in [-0.25, -0.2) is 0 Å². The van der Waals surface area contributed by atoms with Crippen molar-refractivity contribution < 1.29 is 9.59 Å². The molecule has 1 heterocycles. The van der Waals surface area contributed by atoms with Crippen molar-refractivity contribution in [3.05, 3.63) is 27.4 Å². The van der Waals surface area contributed by atoms with Gasteiger partial charge in [0.15, 0.2) is 4.77 Å². The first kappa shape index (κ1) is 12.3. The van der Waals surface area contributed by atoms with Crippen LogP contribution < -0.4 is 5.56 Å². The number of nitrogens with one attached hydrogen (secondary N) is 1. The van der Waals surface area contributed by atoms with E-state index in [-0.39, 0.29) is 5.56 Å². The number of hydrogen-bond donors (Lipinski definition) is 3. The fraction of sp³-hybridized carbons (Fsp3) is 0.500. The van der Waals surface area contributed by atoms with Gasteiger partial charge < -0.3 is 14.6 Å².